The molecule has 5 N–H and O–H groups in total. The first-order chi connectivity index (χ1) is 8.50. The summed E-state index contributed by atoms with van der Waals surface area (Å²) in [5, 5.41) is 14.0. The molecule has 1 aromatic carbocycles. The van der Waals surface area contributed by atoms with Crippen molar-refractivity contribution in [2.45, 2.75) is 19.1 Å². The van der Waals surface area contributed by atoms with Crippen molar-refractivity contribution < 1.29 is 14.7 Å². The van der Waals surface area contributed by atoms with Gasteiger partial charge in [-0.05, 0) is 12.5 Å². The summed E-state index contributed by atoms with van der Waals surface area (Å²) in [4.78, 5) is 22.8. The maximum absolute atomic E-state index is 11.9. The van der Waals surface area contributed by atoms with E-state index >= 15 is 0 Å². The molecule has 6 heteroatoms. The largest absolute Gasteiger partial charge is 0.392 e. The molecule has 0 saturated carbocycles. The molecule has 0 aliphatic carbocycles. The Hall–Kier alpha value is -2.08. The second-order valence-corrected chi connectivity index (χ2v) is 3.95. The van der Waals surface area contributed by atoms with E-state index in [-0.39, 0.29) is 6.54 Å². The van der Waals surface area contributed by atoms with Gasteiger partial charge in [0.05, 0.1) is 6.10 Å². The third-order valence-electron chi connectivity index (χ3n) is 2.25. The van der Waals surface area contributed by atoms with Gasteiger partial charge in [-0.3, -0.25) is 4.79 Å². The smallest absolute Gasteiger partial charge is 0.313 e. The van der Waals surface area contributed by atoms with Gasteiger partial charge in [0.2, 0.25) is 5.91 Å². The lowest BCUT2D eigenvalue weighted by Crippen LogP contribution is -2.44. The van der Waals surface area contributed by atoms with Crippen LogP contribution in [0.2, 0.25) is 0 Å². The van der Waals surface area contributed by atoms with E-state index < -0.39 is 24.1 Å². The van der Waals surface area contributed by atoms with E-state index in [0.717, 1.165) is 0 Å². The maximum atomic E-state index is 11.9. The lowest BCUT2D eigenvalue weighted by atomic mass is 10.1. The van der Waals surface area contributed by atoms with Crippen LogP contribution in [0, 0.1) is 0 Å². The zero-order valence-electron chi connectivity index (χ0n) is 10.1. The molecule has 0 aliphatic heterocycles. The molecule has 0 heterocycles. The summed E-state index contributed by atoms with van der Waals surface area (Å²) in [6.07, 6.45) is -0.654. The highest BCUT2D eigenvalue weighted by molar-refractivity contribution is 5.87. The topological polar surface area (TPSA) is 104 Å². The molecule has 0 fully saturated rings. The minimum atomic E-state index is -0.859. The number of rotatable bonds is 5. The lowest BCUT2D eigenvalue weighted by molar-refractivity contribution is -0.123. The molecule has 1 unspecified atom stereocenters. The van der Waals surface area contributed by atoms with Gasteiger partial charge in [0, 0.05) is 6.54 Å². The number of nitrogens with two attached hydrogens (primary N) is 1. The first-order valence-corrected chi connectivity index (χ1v) is 5.57. The van der Waals surface area contributed by atoms with Crippen molar-refractivity contribution >= 4 is 11.9 Å². The molecule has 1 rings (SSSR count). The van der Waals surface area contributed by atoms with Crippen LogP contribution in [0.5, 0.6) is 0 Å². The SMILES string of the molecule is C[C@@H](O)CNC(=O)C(NC(N)=O)c1ccccc1. The van der Waals surface area contributed by atoms with Gasteiger partial charge in [-0.25, -0.2) is 4.79 Å². The number of aliphatic hydroxyl groups is 1. The van der Waals surface area contributed by atoms with Crippen LogP contribution in [0.1, 0.15) is 18.5 Å². The van der Waals surface area contributed by atoms with Crippen LogP contribution in [0.4, 0.5) is 4.79 Å². The predicted octanol–water partition coefficient (Wildman–Crippen LogP) is -0.107. The highest BCUT2D eigenvalue weighted by Gasteiger charge is 2.21. The number of benzene rings is 1. The second kappa shape index (κ2) is 6.61. The summed E-state index contributed by atoms with van der Waals surface area (Å²) in [6.45, 7) is 1.67. The van der Waals surface area contributed by atoms with Crippen molar-refractivity contribution in [2.24, 2.45) is 5.73 Å². The van der Waals surface area contributed by atoms with Crippen molar-refractivity contribution in [1.82, 2.24) is 10.6 Å². The highest BCUT2D eigenvalue weighted by atomic mass is 16.3. The summed E-state index contributed by atoms with van der Waals surface area (Å²) in [7, 11) is 0. The van der Waals surface area contributed by atoms with E-state index in [1.807, 2.05) is 0 Å². The first kappa shape index (κ1) is 14.0. The number of hydrogen-bond acceptors (Lipinski definition) is 3. The van der Waals surface area contributed by atoms with Crippen molar-refractivity contribution in [1.29, 1.82) is 0 Å². The van der Waals surface area contributed by atoms with Crippen LogP contribution >= 0.6 is 0 Å². The van der Waals surface area contributed by atoms with Gasteiger partial charge in [-0.15, -0.1) is 0 Å². The van der Waals surface area contributed by atoms with E-state index in [0.29, 0.717) is 5.56 Å². The molecule has 2 atom stereocenters. The zero-order chi connectivity index (χ0) is 13.5. The van der Waals surface area contributed by atoms with Crippen molar-refractivity contribution in [3.8, 4) is 0 Å². The molecule has 18 heavy (non-hydrogen) atoms. The van der Waals surface area contributed by atoms with Crippen LogP contribution < -0.4 is 16.4 Å². The number of amides is 3. The molecule has 0 aliphatic rings. The Balaban J connectivity index is 2.78. The monoisotopic (exact) mass is 251 g/mol. The van der Waals surface area contributed by atoms with Crippen LogP contribution in [-0.4, -0.2) is 29.7 Å². The summed E-state index contributed by atoms with van der Waals surface area (Å²) in [5.74, 6) is -0.416. The number of hydrogen-bond donors (Lipinski definition) is 4. The summed E-state index contributed by atoms with van der Waals surface area (Å²) < 4.78 is 0. The van der Waals surface area contributed by atoms with Gasteiger partial charge in [-0.2, -0.15) is 0 Å². The fraction of sp³-hybridized carbons (Fsp3) is 0.333. The molecule has 6 nitrogen and oxygen atoms in total. The Labute approximate surface area is 105 Å². The van der Waals surface area contributed by atoms with E-state index in [9.17, 15) is 9.59 Å². The van der Waals surface area contributed by atoms with E-state index in [1.54, 1.807) is 37.3 Å². The summed E-state index contributed by atoms with van der Waals surface area (Å²) in [5.41, 5.74) is 5.67. The zero-order valence-corrected chi connectivity index (χ0v) is 10.1. The van der Waals surface area contributed by atoms with Crippen LogP contribution in [0.15, 0.2) is 30.3 Å². The molecular weight excluding hydrogens is 234 g/mol. The third-order valence-corrected chi connectivity index (χ3v) is 2.25. The van der Waals surface area contributed by atoms with Crippen molar-refractivity contribution in [3.63, 3.8) is 0 Å². The van der Waals surface area contributed by atoms with Crippen LogP contribution in [-0.2, 0) is 4.79 Å². The number of aliphatic hydroxyl groups excluding tert-OH is 1. The Morgan fingerprint density at radius 2 is 1.94 bits per heavy atom. The fourth-order valence-corrected chi connectivity index (χ4v) is 1.44. The fourth-order valence-electron chi connectivity index (χ4n) is 1.44. The second-order valence-electron chi connectivity index (χ2n) is 3.95. The average Bonchev–Trinajstić information content (AvgIpc) is 2.34. The van der Waals surface area contributed by atoms with Gasteiger partial charge < -0.3 is 21.5 Å². The number of urea groups is 1. The van der Waals surface area contributed by atoms with E-state index in [1.165, 1.54) is 0 Å². The Kier molecular flexibility index (Phi) is 5.13. The minimum absolute atomic E-state index is 0.114. The Morgan fingerprint density at radius 1 is 1.33 bits per heavy atom. The number of primary amides is 1. The molecule has 0 spiro atoms. The maximum Gasteiger partial charge on any atom is 0.313 e. The summed E-state index contributed by atoms with van der Waals surface area (Å²) >= 11 is 0. The first-order valence-electron chi connectivity index (χ1n) is 5.57. The average molecular weight is 251 g/mol. The molecular formula is C12H17N3O3. The Bertz CT molecular complexity index is 406. The third kappa shape index (κ3) is 4.42. The molecule has 3 amide bonds. The number of carbonyl (C=O) groups is 2. The standard InChI is InChI=1S/C12H17N3O3/c1-8(16)7-14-11(17)10(15-12(13)18)9-5-3-2-4-6-9/h2-6,8,10,16H,7H2,1H3,(H,14,17)(H3,13,15,18)/t8-,10?/m1/s1. The van der Waals surface area contributed by atoms with Crippen molar-refractivity contribution in [3.05, 3.63) is 35.9 Å². The van der Waals surface area contributed by atoms with Gasteiger partial charge in [0.25, 0.3) is 0 Å². The van der Waals surface area contributed by atoms with Gasteiger partial charge in [0.1, 0.15) is 6.04 Å². The highest BCUT2D eigenvalue weighted by Crippen LogP contribution is 2.12. The summed E-state index contributed by atoms with van der Waals surface area (Å²) in [6, 6.07) is 7.10. The van der Waals surface area contributed by atoms with Gasteiger partial charge in [-0.1, -0.05) is 30.3 Å². The Morgan fingerprint density at radius 3 is 2.44 bits per heavy atom. The predicted molar refractivity (Wildman–Crippen MR) is 66.6 cm³/mol. The minimum Gasteiger partial charge on any atom is -0.392 e. The molecule has 1 aromatic rings. The van der Waals surface area contributed by atoms with E-state index in [2.05, 4.69) is 10.6 Å². The van der Waals surface area contributed by atoms with Crippen LogP contribution in [0.25, 0.3) is 0 Å². The van der Waals surface area contributed by atoms with Gasteiger partial charge >= 0.3 is 6.03 Å². The van der Waals surface area contributed by atoms with Gasteiger partial charge in [0.15, 0.2) is 0 Å². The van der Waals surface area contributed by atoms with E-state index in [4.69, 9.17) is 10.8 Å². The lowest BCUT2D eigenvalue weighted by Gasteiger charge is -2.18. The number of carbonyl (C=O) groups excluding carboxylic acids is 2. The molecule has 0 saturated heterocycles. The van der Waals surface area contributed by atoms with Crippen molar-refractivity contribution in [2.75, 3.05) is 6.54 Å². The quantitative estimate of drug-likeness (QED) is 0.587. The number of nitrogens with one attached hydrogen (secondary N) is 2. The molecule has 0 aromatic heterocycles. The molecule has 98 valence electrons. The normalized spacial score (nSPS) is 13.4. The molecule has 0 radical (unpaired) electrons. The molecule has 0 bridgehead atoms. The van der Waals surface area contributed by atoms with Crippen LogP contribution in [0.3, 0.4) is 0 Å².